The van der Waals surface area contributed by atoms with Gasteiger partial charge in [0.05, 0.1) is 11.6 Å². The summed E-state index contributed by atoms with van der Waals surface area (Å²) in [5.74, 6) is -0.989. The molecule has 0 aliphatic carbocycles. The lowest BCUT2D eigenvalue weighted by atomic mass is 10.1. The van der Waals surface area contributed by atoms with Crippen LogP contribution in [0.4, 0.5) is 17.6 Å². The van der Waals surface area contributed by atoms with Gasteiger partial charge in [-0.2, -0.15) is 18.4 Å². The van der Waals surface area contributed by atoms with E-state index < -0.39 is 17.2 Å². The predicted molar refractivity (Wildman–Crippen MR) is 101 cm³/mol. The lowest BCUT2D eigenvalue weighted by molar-refractivity contribution is -0.0328. The molecule has 0 heterocycles. The molecule has 150 valence electrons. The molecule has 2 aromatic carbocycles. The molecule has 0 fully saturated rings. The SMILES string of the molecule is Cc1c(Oc2cc(F)cc(C#N)c2)ccc(SC(F)(F)F)c1/C=C/C(=N)OC=N. The molecule has 0 spiro atoms. The molecular formula is C19H13F4N3O2S. The van der Waals surface area contributed by atoms with Gasteiger partial charge in [0.25, 0.3) is 0 Å². The Morgan fingerprint density at radius 1 is 1.24 bits per heavy atom. The molecule has 0 saturated heterocycles. The molecule has 2 N–H and O–H groups in total. The smallest absolute Gasteiger partial charge is 0.446 e. The van der Waals surface area contributed by atoms with Crippen molar-refractivity contribution in [3.63, 3.8) is 0 Å². The van der Waals surface area contributed by atoms with E-state index in [1.165, 1.54) is 31.2 Å². The first kappa shape index (κ1) is 22.0. The number of ether oxygens (including phenoxy) is 2. The molecule has 0 aliphatic rings. The first-order valence-electron chi connectivity index (χ1n) is 7.83. The summed E-state index contributed by atoms with van der Waals surface area (Å²) in [5.41, 5.74) is -4.11. The molecular weight excluding hydrogens is 410 g/mol. The fraction of sp³-hybridized carbons (Fsp3) is 0.105. The van der Waals surface area contributed by atoms with Gasteiger partial charge in [-0.25, -0.2) is 4.39 Å². The molecule has 0 saturated carbocycles. The fourth-order valence-electron chi connectivity index (χ4n) is 2.29. The summed E-state index contributed by atoms with van der Waals surface area (Å²) in [6.45, 7) is 1.50. The van der Waals surface area contributed by atoms with Crippen molar-refractivity contribution in [2.45, 2.75) is 17.3 Å². The van der Waals surface area contributed by atoms with Crippen LogP contribution in [0.3, 0.4) is 0 Å². The van der Waals surface area contributed by atoms with Crippen molar-refractivity contribution >= 4 is 30.1 Å². The molecule has 10 heteroatoms. The minimum Gasteiger partial charge on any atom is -0.457 e. The molecule has 5 nitrogen and oxygen atoms in total. The second kappa shape index (κ2) is 9.25. The molecule has 0 aromatic heterocycles. The minimum absolute atomic E-state index is 0.00989. The molecule has 0 bridgehead atoms. The third kappa shape index (κ3) is 6.36. The Balaban J connectivity index is 2.48. The average Bonchev–Trinajstić information content (AvgIpc) is 2.62. The van der Waals surface area contributed by atoms with Crippen molar-refractivity contribution < 1.29 is 27.0 Å². The highest BCUT2D eigenvalue weighted by Crippen LogP contribution is 2.42. The summed E-state index contributed by atoms with van der Waals surface area (Å²) in [6.07, 6.45) is 2.84. The molecule has 29 heavy (non-hydrogen) atoms. The Kier molecular flexibility index (Phi) is 7.01. The molecule has 2 rings (SSSR count). The van der Waals surface area contributed by atoms with Crippen LogP contribution < -0.4 is 4.74 Å². The van der Waals surface area contributed by atoms with E-state index in [4.69, 9.17) is 20.8 Å². The van der Waals surface area contributed by atoms with Crippen molar-refractivity contribution in [3.8, 4) is 17.6 Å². The molecule has 2 aromatic rings. The topological polar surface area (TPSA) is 89.9 Å². The minimum atomic E-state index is -4.54. The summed E-state index contributed by atoms with van der Waals surface area (Å²) in [4.78, 5) is -0.141. The predicted octanol–water partition coefficient (Wildman–Crippen LogP) is 6.02. The first-order chi connectivity index (χ1) is 13.6. The number of alkyl halides is 3. The second-order valence-corrected chi connectivity index (χ2v) is 6.58. The molecule has 0 atom stereocenters. The third-order valence-electron chi connectivity index (χ3n) is 3.47. The third-order valence-corrected chi connectivity index (χ3v) is 4.27. The number of hydrogen-bond donors (Lipinski definition) is 2. The number of benzene rings is 2. The average molecular weight is 423 g/mol. The number of nitrogens with zero attached hydrogens (tertiary/aromatic N) is 1. The zero-order valence-electron chi connectivity index (χ0n) is 14.8. The van der Waals surface area contributed by atoms with Crippen LogP contribution in [-0.4, -0.2) is 17.8 Å². The normalized spacial score (nSPS) is 11.2. The van der Waals surface area contributed by atoms with Crippen LogP contribution in [0.5, 0.6) is 11.5 Å². The summed E-state index contributed by atoms with van der Waals surface area (Å²) in [7, 11) is 0. The zero-order chi connectivity index (χ0) is 21.6. The van der Waals surface area contributed by atoms with E-state index in [9.17, 15) is 17.6 Å². The van der Waals surface area contributed by atoms with Crippen LogP contribution in [0.2, 0.25) is 0 Å². The number of nitrogens with one attached hydrogen (secondary N) is 2. The van der Waals surface area contributed by atoms with E-state index in [2.05, 4.69) is 4.74 Å². The van der Waals surface area contributed by atoms with E-state index in [0.29, 0.717) is 12.0 Å². The number of thioether (sulfide) groups is 1. The largest absolute Gasteiger partial charge is 0.457 e. The van der Waals surface area contributed by atoms with Gasteiger partial charge in [0.1, 0.15) is 17.3 Å². The lowest BCUT2D eigenvalue weighted by Crippen LogP contribution is -2.02. The van der Waals surface area contributed by atoms with Crippen molar-refractivity contribution in [3.05, 3.63) is 58.9 Å². The molecule has 0 amide bonds. The van der Waals surface area contributed by atoms with Crippen molar-refractivity contribution in [1.29, 1.82) is 16.1 Å². The van der Waals surface area contributed by atoms with E-state index in [1.54, 1.807) is 6.07 Å². The van der Waals surface area contributed by atoms with Crippen LogP contribution >= 0.6 is 11.8 Å². The van der Waals surface area contributed by atoms with E-state index in [-0.39, 0.29) is 39.3 Å². The number of hydrogen-bond acceptors (Lipinski definition) is 6. The van der Waals surface area contributed by atoms with E-state index >= 15 is 0 Å². The van der Waals surface area contributed by atoms with Gasteiger partial charge in [-0.3, -0.25) is 10.8 Å². The van der Waals surface area contributed by atoms with Gasteiger partial charge in [0.15, 0.2) is 6.40 Å². The van der Waals surface area contributed by atoms with Gasteiger partial charge in [0, 0.05) is 22.6 Å². The summed E-state index contributed by atoms with van der Waals surface area (Å²) in [6, 6.07) is 7.63. The maximum atomic E-state index is 13.6. The van der Waals surface area contributed by atoms with Crippen molar-refractivity contribution in [2.24, 2.45) is 0 Å². The van der Waals surface area contributed by atoms with Gasteiger partial charge < -0.3 is 9.47 Å². The van der Waals surface area contributed by atoms with Crippen LogP contribution in [0.25, 0.3) is 6.08 Å². The zero-order valence-corrected chi connectivity index (χ0v) is 15.6. The number of nitriles is 1. The van der Waals surface area contributed by atoms with E-state index in [1.807, 2.05) is 0 Å². The number of halogens is 4. The highest BCUT2D eigenvalue weighted by atomic mass is 32.2. The highest BCUT2D eigenvalue weighted by molar-refractivity contribution is 8.00. The highest BCUT2D eigenvalue weighted by Gasteiger charge is 2.30. The standard InChI is InChI=1S/C19H13F4N3O2S/c1-11-15(2-5-18(26)27-10-25)17(29-19(21,22)23)4-3-16(11)28-14-7-12(9-24)6-13(20)8-14/h2-8,10,25-26H,1H3/b5-2+,25-10?,26-18?. The van der Waals surface area contributed by atoms with Crippen molar-refractivity contribution in [2.75, 3.05) is 0 Å². The van der Waals surface area contributed by atoms with Gasteiger partial charge in [-0.1, -0.05) is 0 Å². The Labute approximate surface area is 167 Å². The van der Waals surface area contributed by atoms with Crippen LogP contribution in [0.15, 0.2) is 41.3 Å². The first-order valence-corrected chi connectivity index (χ1v) is 8.64. The van der Waals surface area contributed by atoms with Crippen LogP contribution in [0, 0.1) is 34.9 Å². The molecule has 0 aliphatic heterocycles. The Morgan fingerprint density at radius 3 is 2.59 bits per heavy atom. The maximum absolute atomic E-state index is 13.6. The molecule has 0 unspecified atom stereocenters. The van der Waals surface area contributed by atoms with E-state index in [0.717, 1.165) is 18.2 Å². The van der Waals surface area contributed by atoms with Gasteiger partial charge in [0.2, 0.25) is 5.90 Å². The van der Waals surface area contributed by atoms with Gasteiger partial charge in [-0.05, 0) is 54.6 Å². The Bertz CT molecular complexity index is 1010. The van der Waals surface area contributed by atoms with Crippen molar-refractivity contribution in [1.82, 2.24) is 0 Å². The Morgan fingerprint density at radius 2 is 1.97 bits per heavy atom. The second-order valence-electron chi connectivity index (χ2n) is 5.47. The van der Waals surface area contributed by atoms with Crippen LogP contribution in [-0.2, 0) is 4.74 Å². The Hall–Kier alpha value is -3.32. The summed E-state index contributed by atoms with van der Waals surface area (Å²) >= 11 is -0.336. The fourth-order valence-corrected chi connectivity index (χ4v) is 3.01. The number of rotatable bonds is 6. The molecule has 0 radical (unpaired) electrons. The van der Waals surface area contributed by atoms with Gasteiger partial charge >= 0.3 is 5.51 Å². The quantitative estimate of drug-likeness (QED) is 0.257. The summed E-state index contributed by atoms with van der Waals surface area (Å²) in [5, 5.41) is 23.2. The monoisotopic (exact) mass is 423 g/mol. The van der Waals surface area contributed by atoms with Gasteiger partial charge in [-0.15, -0.1) is 0 Å². The lowest BCUT2D eigenvalue weighted by Gasteiger charge is -2.15. The van der Waals surface area contributed by atoms with Crippen LogP contribution in [0.1, 0.15) is 16.7 Å². The summed E-state index contributed by atoms with van der Waals surface area (Å²) < 4.78 is 62.4. The maximum Gasteiger partial charge on any atom is 0.446 e.